The van der Waals surface area contributed by atoms with Crippen molar-refractivity contribution in [2.75, 3.05) is 13.6 Å². The molecule has 0 atom stereocenters. The van der Waals surface area contributed by atoms with Gasteiger partial charge in [-0.15, -0.1) is 0 Å². The molecule has 0 spiro atoms. The van der Waals surface area contributed by atoms with Gasteiger partial charge in [0, 0.05) is 0 Å². The third-order valence-corrected chi connectivity index (χ3v) is 2.18. The molecule has 0 unspecified atom stereocenters. The molecule has 1 aromatic carbocycles. The number of halogens is 2. The number of nitrogens with one attached hydrogen (secondary N) is 1. The van der Waals surface area contributed by atoms with Gasteiger partial charge in [0.1, 0.15) is 0 Å². The summed E-state index contributed by atoms with van der Waals surface area (Å²) in [5.41, 5.74) is -0.0860. The molecule has 0 amide bonds. The molecule has 0 fully saturated rings. The summed E-state index contributed by atoms with van der Waals surface area (Å²) in [6.07, 6.45) is 3.85. The maximum atomic E-state index is 13.0. The number of hydrogen-bond acceptors (Lipinski definition) is 2. The van der Waals surface area contributed by atoms with E-state index in [2.05, 4.69) is 5.32 Å². The van der Waals surface area contributed by atoms with Gasteiger partial charge in [-0.2, -0.15) is 0 Å². The maximum Gasteiger partial charge on any atom is 0.336 e. The van der Waals surface area contributed by atoms with Gasteiger partial charge in [0.25, 0.3) is 0 Å². The average Bonchev–Trinajstić information content (AvgIpc) is 2.28. The van der Waals surface area contributed by atoms with E-state index in [0.29, 0.717) is 12.5 Å². The van der Waals surface area contributed by atoms with Crippen molar-refractivity contribution in [2.24, 2.45) is 0 Å². The molecule has 0 aliphatic carbocycles. The zero-order chi connectivity index (χ0) is 12.8. The van der Waals surface area contributed by atoms with Crippen LogP contribution in [0.15, 0.2) is 18.2 Å². The van der Waals surface area contributed by atoms with Gasteiger partial charge >= 0.3 is 5.97 Å². The lowest BCUT2D eigenvalue weighted by Crippen LogP contribution is -2.06. The fraction of sp³-hybridized carbons (Fsp3) is 0.250. The first kappa shape index (κ1) is 13.3. The largest absolute Gasteiger partial charge is 0.478 e. The first-order valence-corrected chi connectivity index (χ1v) is 5.09. The molecular formula is C12H13F2NO2. The minimum absolute atomic E-state index is 0.160. The number of carbonyl (C=O) groups is 1. The summed E-state index contributed by atoms with van der Waals surface area (Å²) in [6, 6.07) is 1.57. The highest BCUT2D eigenvalue weighted by Crippen LogP contribution is 2.17. The van der Waals surface area contributed by atoms with Crippen LogP contribution in [-0.4, -0.2) is 24.7 Å². The lowest BCUT2D eigenvalue weighted by molar-refractivity contribution is 0.0696. The summed E-state index contributed by atoms with van der Waals surface area (Å²) in [5.74, 6) is -3.49. The Morgan fingerprint density at radius 2 is 2.06 bits per heavy atom. The molecule has 0 bridgehead atoms. The maximum absolute atomic E-state index is 13.0. The van der Waals surface area contributed by atoms with Crippen molar-refractivity contribution in [3.05, 3.63) is 41.0 Å². The quantitative estimate of drug-likeness (QED) is 0.777. The third-order valence-electron chi connectivity index (χ3n) is 2.18. The Kier molecular flexibility index (Phi) is 4.78. The molecule has 3 nitrogen and oxygen atoms in total. The van der Waals surface area contributed by atoms with E-state index in [4.69, 9.17) is 5.11 Å². The minimum Gasteiger partial charge on any atom is -0.478 e. The summed E-state index contributed by atoms with van der Waals surface area (Å²) < 4.78 is 25.9. The zero-order valence-electron chi connectivity index (χ0n) is 9.34. The average molecular weight is 241 g/mol. The number of rotatable bonds is 5. The second-order valence-corrected chi connectivity index (χ2v) is 3.45. The predicted octanol–water partition coefficient (Wildman–Crippen LogP) is 2.29. The van der Waals surface area contributed by atoms with Crippen LogP contribution in [0, 0.1) is 11.6 Å². The van der Waals surface area contributed by atoms with E-state index >= 15 is 0 Å². The molecule has 0 aliphatic rings. The van der Waals surface area contributed by atoms with Crippen molar-refractivity contribution in [3.8, 4) is 0 Å². The van der Waals surface area contributed by atoms with Crippen molar-refractivity contribution in [1.82, 2.24) is 5.32 Å². The summed E-state index contributed by atoms with van der Waals surface area (Å²) in [7, 11) is 1.79. The molecule has 0 aromatic heterocycles. The van der Waals surface area contributed by atoms with Gasteiger partial charge in [0.15, 0.2) is 11.6 Å². The van der Waals surface area contributed by atoms with Gasteiger partial charge < -0.3 is 10.4 Å². The van der Waals surface area contributed by atoms with E-state index in [1.54, 1.807) is 13.1 Å². The van der Waals surface area contributed by atoms with Crippen LogP contribution in [-0.2, 0) is 0 Å². The van der Waals surface area contributed by atoms with Gasteiger partial charge in [-0.3, -0.25) is 0 Å². The van der Waals surface area contributed by atoms with Crippen LogP contribution in [0.2, 0.25) is 0 Å². The second-order valence-electron chi connectivity index (χ2n) is 3.45. The summed E-state index contributed by atoms with van der Waals surface area (Å²) >= 11 is 0. The highest BCUT2D eigenvalue weighted by Gasteiger charge is 2.13. The van der Waals surface area contributed by atoms with Crippen LogP contribution in [0.25, 0.3) is 6.08 Å². The minimum atomic E-state index is -1.28. The topological polar surface area (TPSA) is 49.3 Å². The van der Waals surface area contributed by atoms with Crippen LogP contribution in [0.5, 0.6) is 0 Å². The molecule has 0 saturated carbocycles. The Hall–Kier alpha value is -1.75. The van der Waals surface area contributed by atoms with E-state index < -0.39 is 17.6 Å². The van der Waals surface area contributed by atoms with Crippen molar-refractivity contribution in [1.29, 1.82) is 0 Å². The molecule has 2 N–H and O–H groups in total. The first-order valence-electron chi connectivity index (χ1n) is 5.09. The lowest BCUT2D eigenvalue weighted by atomic mass is 10.1. The van der Waals surface area contributed by atoms with E-state index in [1.165, 1.54) is 6.08 Å². The van der Waals surface area contributed by atoms with Gasteiger partial charge in [0.2, 0.25) is 0 Å². The van der Waals surface area contributed by atoms with Gasteiger partial charge in [-0.25, -0.2) is 13.6 Å². The fourth-order valence-electron chi connectivity index (χ4n) is 1.32. The lowest BCUT2D eigenvalue weighted by Gasteiger charge is -2.02. The van der Waals surface area contributed by atoms with Crippen molar-refractivity contribution < 1.29 is 18.7 Å². The predicted molar refractivity (Wildman–Crippen MR) is 60.9 cm³/mol. The number of hydrogen-bond donors (Lipinski definition) is 2. The second kappa shape index (κ2) is 6.10. The SMILES string of the molecule is CNCCC=Cc1cc(F)c(F)cc1C(=O)O. The van der Waals surface area contributed by atoms with Crippen LogP contribution in [0.3, 0.4) is 0 Å². The van der Waals surface area contributed by atoms with Crippen molar-refractivity contribution >= 4 is 12.0 Å². The standard InChI is InChI=1S/C12H13F2NO2/c1-15-5-3-2-4-8-6-10(13)11(14)7-9(8)12(16)17/h2,4,6-7,15H,3,5H2,1H3,(H,16,17). The summed E-state index contributed by atoms with van der Waals surface area (Å²) in [5, 5.41) is 11.8. The molecule has 92 valence electrons. The Bertz CT molecular complexity index is 444. The molecule has 17 heavy (non-hydrogen) atoms. The van der Waals surface area contributed by atoms with Gasteiger partial charge in [0.05, 0.1) is 5.56 Å². The van der Waals surface area contributed by atoms with Crippen molar-refractivity contribution in [2.45, 2.75) is 6.42 Å². The van der Waals surface area contributed by atoms with Gasteiger partial charge in [-0.05, 0) is 37.7 Å². The Morgan fingerprint density at radius 1 is 1.41 bits per heavy atom. The number of carboxylic acids is 1. The van der Waals surface area contributed by atoms with Crippen LogP contribution in [0.1, 0.15) is 22.3 Å². The molecule has 1 aromatic rings. The van der Waals surface area contributed by atoms with Gasteiger partial charge in [-0.1, -0.05) is 12.2 Å². The molecule has 5 heteroatoms. The van der Waals surface area contributed by atoms with E-state index in [1.807, 2.05) is 0 Å². The summed E-state index contributed by atoms with van der Waals surface area (Å²) in [6.45, 7) is 0.725. The highest BCUT2D eigenvalue weighted by molar-refractivity contribution is 5.92. The smallest absolute Gasteiger partial charge is 0.336 e. The summed E-state index contributed by atoms with van der Waals surface area (Å²) in [4.78, 5) is 10.8. The molecule has 0 saturated heterocycles. The van der Waals surface area contributed by atoms with E-state index in [9.17, 15) is 13.6 Å². The molecule has 0 aliphatic heterocycles. The first-order chi connectivity index (χ1) is 8.06. The molecular weight excluding hydrogens is 228 g/mol. The van der Waals surface area contributed by atoms with Crippen LogP contribution in [0.4, 0.5) is 8.78 Å². The van der Waals surface area contributed by atoms with E-state index in [-0.39, 0.29) is 11.1 Å². The Morgan fingerprint density at radius 3 is 2.65 bits per heavy atom. The molecule has 0 heterocycles. The number of aromatic carboxylic acids is 1. The monoisotopic (exact) mass is 241 g/mol. The molecule has 0 radical (unpaired) electrons. The highest BCUT2D eigenvalue weighted by atomic mass is 19.2. The normalized spacial score (nSPS) is 11.0. The van der Waals surface area contributed by atoms with E-state index in [0.717, 1.165) is 12.6 Å². The Labute approximate surface area is 97.8 Å². The number of carboxylic acid groups (broad SMARTS) is 1. The fourth-order valence-corrected chi connectivity index (χ4v) is 1.32. The van der Waals surface area contributed by atoms with Crippen LogP contribution < -0.4 is 5.32 Å². The third kappa shape index (κ3) is 3.64. The zero-order valence-corrected chi connectivity index (χ0v) is 9.34. The van der Waals surface area contributed by atoms with Crippen molar-refractivity contribution in [3.63, 3.8) is 0 Å². The molecule has 1 rings (SSSR count). The number of benzene rings is 1. The Balaban J connectivity index is 3.00. The van der Waals surface area contributed by atoms with Crippen LogP contribution >= 0.6 is 0 Å².